The highest BCUT2D eigenvalue weighted by Crippen LogP contribution is 2.22. The van der Waals surface area contributed by atoms with Crippen molar-refractivity contribution in [3.8, 4) is 5.75 Å². The number of ether oxygens (including phenoxy) is 3. The molecule has 1 saturated heterocycles. The molecule has 0 saturated carbocycles. The minimum absolute atomic E-state index is 0.0410. The molecule has 1 aliphatic heterocycles. The monoisotopic (exact) mass is 283 g/mol. The average molecular weight is 283 g/mol. The van der Waals surface area contributed by atoms with Crippen LogP contribution in [0.1, 0.15) is 24.2 Å². The van der Waals surface area contributed by atoms with Crippen LogP contribution >= 0.6 is 0 Å². The van der Waals surface area contributed by atoms with Crippen LogP contribution in [0.15, 0.2) is 18.2 Å². The summed E-state index contributed by atoms with van der Waals surface area (Å²) in [5, 5.41) is 2.73. The van der Waals surface area contributed by atoms with E-state index in [1.54, 1.807) is 0 Å². The molecule has 20 heavy (non-hydrogen) atoms. The number of methoxy groups -OCH3 is 1. The number of carbonyl (C=O) groups excluding carboxylic acids is 1. The third kappa shape index (κ3) is 3.46. The number of hydrogen-bond donors (Lipinski definition) is 1. The van der Waals surface area contributed by atoms with Crippen LogP contribution < -0.4 is 10.1 Å². The zero-order valence-electron chi connectivity index (χ0n) is 11.7. The van der Waals surface area contributed by atoms with Crippen LogP contribution in [0, 0.1) is 5.82 Å². The van der Waals surface area contributed by atoms with E-state index in [-0.39, 0.29) is 17.8 Å². The second-order valence-corrected chi connectivity index (χ2v) is 5.01. The molecule has 0 aromatic heterocycles. The quantitative estimate of drug-likeness (QED) is 0.914. The molecule has 0 aliphatic carbocycles. The van der Waals surface area contributed by atoms with E-state index in [4.69, 9.17) is 14.2 Å². The molecule has 0 bridgehead atoms. The van der Waals surface area contributed by atoms with Gasteiger partial charge in [0.05, 0.1) is 13.7 Å². The van der Waals surface area contributed by atoms with Crippen LogP contribution in [0.4, 0.5) is 4.39 Å². The molecule has 1 aliphatic rings. The van der Waals surface area contributed by atoms with Gasteiger partial charge in [0.15, 0.2) is 17.4 Å². The molecule has 1 atom stereocenters. The van der Waals surface area contributed by atoms with E-state index in [0.717, 1.165) is 0 Å². The van der Waals surface area contributed by atoms with Gasteiger partial charge in [-0.3, -0.25) is 4.79 Å². The van der Waals surface area contributed by atoms with Crippen LogP contribution in [0.3, 0.4) is 0 Å². The smallest absolute Gasteiger partial charge is 0.251 e. The topological polar surface area (TPSA) is 56.8 Å². The van der Waals surface area contributed by atoms with Crippen molar-refractivity contribution in [1.82, 2.24) is 5.32 Å². The number of amides is 1. The Bertz CT molecular complexity index is 504. The Morgan fingerprint density at radius 1 is 1.55 bits per heavy atom. The van der Waals surface area contributed by atoms with Gasteiger partial charge in [-0.15, -0.1) is 0 Å². The number of carbonyl (C=O) groups is 1. The molecule has 1 N–H and O–H groups in total. The van der Waals surface area contributed by atoms with Crippen molar-refractivity contribution >= 4 is 5.91 Å². The number of halogens is 1. The number of hydrogen-bond acceptors (Lipinski definition) is 4. The molecular formula is C14H18FNO4. The van der Waals surface area contributed by atoms with Gasteiger partial charge in [0.1, 0.15) is 6.10 Å². The van der Waals surface area contributed by atoms with Crippen molar-refractivity contribution in [2.24, 2.45) is 0 Å². The summed E-state index contributed by atoms with van der Waals surface area (Å²) >= 11 is 0. The van der Waals surface area contributed by atoms with Crippen molar-refractivity contribution in [1.29, 1.82) is 0 Å². The van der Waals surface area contributed by atoms with Crippen molar-refractivity contribution in [2.45, 2.75) is 25.7 Å². The summed E-state index contributed by atoms with van der Waals surface area (Å²) in [4.78, 5) is 12.0. The van der Waals surface area contributed by atoms with Crippen LogP contribution in [-0.2, 0) is 9.47 Å². The fourth-order valence-electron chi connectivity index (χ4n) is 1.97. The molecule has 1 unspecified atom stereocenters. The lowest BCUT2D eigenvalue weighted by Gasteiger charge is -2.17. The van der Waals surface area contributed by atoms with Crippen molar-refractivity contribution in [3.05, 3.63) is 29.6 Å². The Hall–Kier alpha value is -1.66. The molecule has 0 spiro atoms. The summed E-state index contributed by atoms with van der Waals surface area (Å²) in [7, 11) is 1.35. The van der Waals surface area contributed by atoms with Gasteiger partial charge in [0, 0.05) is 12.1 Å². The van der Waals surface area contributed by atoms with Gasteiger partial charge >= 0.3 is 0 Å². The van der Waals surface area contributed by atoms with E-state index < -0.39 is 11.6 Å². The summed E-state index contributed by atoms with van der Waals surface area (Å²) in [6.45, 7) is 4.40. The fraction of sp³-hybridized carbons (Fsp3) is 0.500. The zero-order chi connectivity index (χ0) is 14.8. The van der Waals surface area contributed by atoms with Crippen LogP contribution in [0.2, 0.25) is 0 Å². The number of nitrogens with one attached hydrogen (secondary N) is 1. The molecule has 1 amide bonds. The molecule has 6 heteroatoms. The molecule has 1 heterocycles. The molecule has 1 aromatic rings. The molecule has 110 valence electrons. The highest BCUT2D eigenvalue weighted by atomic mass is 19.1. The van der Waals surface area contributed by atoms with Gasteiger partial charge < -0.3 is 19.5 Å². The number of rotatable bonds is 4. The van der Waals surface area contributed by atoms with Gasteiger partial charge in [0.25, 0.3) is 5.91 Å². The van der Waals surface area contributed by atoms with Crippen LogP contribution in [-0.4, -0.2) is 38.1 Å². The minimum Gasteiger partial charge on any atom is -0.494 e. The molecule has 1 fully saturated rings. The average Bonchev–Trinajstić information content (AvgIpc) is 2.76. The zero-order valence-corrected chi connectivity index (χ0v) is 11.7. The maximum atomic E-state index is 13.3. The van der Waals surface area contributed by atoms with Crippen LogP contribution in [0.5, 0.6) is 5.75 Å². The van der Waals surface area contributed by atoms with Gasteiger partial charge in [0.2, 0.25) is 0 Å². The lowest BCUT2D eigenvalue weighted by Crippen LogP contribution is -2.34. The predicted molar refractivity (Wildman–Crippen MR) is 70.2 cm³/mol. The van der Waals surface area contributed by atoms with E-state index in [0.29, 0.717) is 18.7 Å². The molecule has 5 nitrogen and oxygen atoms in total. The Morgan fingerprint density at radius 2 is 2.30 bits per heavy atom. The minimum atomic E-state index is -0.617. The Labute approximate surface area is 117 Å². The first-order valence-corrected chi connectivity index (χ1v) is 6.35. The first-order valence-electron chi connectivity index (χ1n) is 6.35. The second-order valence-electron chi connectivity index (χ2n) is 5.01. The Kier molecular flexibility index (Phi) is 4.25. The molecule has 2 rings (SSSR count). The van der Waals surface area contributed by atoms with E-state index in [1.165, 1.54) is 25.3 Å². The van der Waals surface area contributed by atoms with Gasteiger partial charge in [-0.05, 0) is 32.0 Å². The third-order valence-electron chi connectivity index (χ3n) is 2.97. The standard InChI is InChI=1S/C14H18FNO4/c1-14(2)19-8-10(20-14)7-16-13(17)9-4-5-11(15)12(6-9)18-3/h4-6,10H,7-8H2,1-3H3,(H,16,17). The molecular weight excluding hydrogens is 265 g/mol. The first kappa shape index (κ1) is 14.7. The van der Waals surface area contributed by atoms with Crippen molar-refractivity contribution in [3.63, 3.8) is 0 Å². The van der Waals surface area contributed by atoms with E-state index in [1.807, 2.05) is 13.8 Å². The maximum Gasteiger partial charge on any atom is 0.251 e. The summed E-state index contributed by atoms with van der Waals surface area (Å²) in [6.07, 6.45) is -0.184. The predicted octanol–water partition coefficient (Wildman–Crippen LogP) is 1.72. The highest BCUT2D eigenvalue weighted by Gasteiger charge is 2.32. The largest absolute Gasteiger partial charge is 0.494 e. The van der Waals surface area contributed by atoms with Crippen LogP contribution in [0.25, 0.3) is 0 Å². The summed E-state index contributed by atoms with van der Waals surface area (Å²) in [5.74, 6) is -1.39. The molecule has 0 radical (unpaired) electrons. The lowest BCUT2D eigenvalue weighted by molar-refractivity contribution is -0.137. The second kappa shape index (κ2) is 5.76. The molecule has 1 aromatic carbocycles. The van der Waals surface area contributed by atoms with Gasteiger partial charge in [-0.2, -0.15) is 0 Å². The lowest BCUT2D eigenvalue weighted by atomic mass is 10.2. The van der Waals surface area contributed by atoms with Gasteiger partial charge in [-0.25, -0.2) is 4.39 Å². The number of benzene rings is 1. The Balaban J connectivity index is 1.92. The third-order valence-corrected chi connectivity index (χ3v) is 2.97. The normalized spacial score (nSPS) is 20.7. The van der Waals surface area contributed by atoms with E-state index in [9.17, 15) is 9.18 Å². The van der Waals surface area contributed by atoms with Gasteiger partial charge in [-0.1, -0.05) is 0 Å². The van der Waals surface area contributed by atoms with Crippen molar-refractivity contribution in [2.75, 3.05) is 20.3 Å². The maximum absolute atomic E-state index is 13.3. The van der Waals surface area contributed by atoms with E-state index >= 15 is 0 Å². The highest BCUT2D eigenvalue weighted by molar-refractivity contribution is 5.94. The fourth-order valence-corrected chi connectivity index (χ4v) is 1.97. The van der Waals surface area contributed by atoms with E-state index in [2.05, 4.69) is 5.32 Å². The van der Waals surface area contributed by atoms with Crippen molar-refractivity contribution < 1.29 is 23.4 Å². The first-order chi connectivity index (χ1) is 9.41. The summed E-state index contributed by atoms with van der Waals surface area (Å²) in [6, 6.07) is 3.97. The summed E-state index contributed by atoms with van der Waals surface area (Å²) < 4.78 is 29.1. The Morgan fingerprint density at radius 3 is 2.90 bits per heavy atom. The SMILES string of the molecule is COc1cc(C(=O)NCC2COC(C)(C)O2)ccc1F. The summed E-state index contributed by atoms with van der Waals surface area (Å²) in [5.41, 5.74) is 0.335.